The van der Waals surface area contributed by atoms with Crippen molar-refractivity contribution in [2.24, 2.45) is 0 Å². The average molecular weight is 198 g/mol. The molecule has 0 atom stereocenters. The lowest BCUT2D eigenvalue weighted by molar-refractivity contribution is 0.0889. The molecule has 0 aliphatic rings. The molecule has 0 aliphatic carbocycles. The van der Waals surface area contributed by atoms with Crippen LogP contribution in [0, 0.1) is 0 Å². The first-order valence-electron chi connectivity index (χ1n) is 4.34. The fourth-order valence-electron chi connectivity index (χ4n) is 1.02. The standard InChI is InChI=1S/C8H14N4O2/c1-8(2,3-4-13)11-7(14)6-9-5-10-12-6/h5,13H,3-4H2,1-2H3,(H,11,14)(H,9,10,12). The molecule has 3 N–H and O–H groups in total. The van der Waals surface area contributed by atoms with Gasteiger partial charge in [-0.15, -0.1) is 0 Å². The van der Waals surface area contributed by atoms with E-state index in [0.29, 0.717) is 6.42 Å². The van der Waals surface area contributed by atoms with Gasteiger partial charge in [0, 0.05) is 12.1 Å². The fraction of sp³-hybridized carbons (Fsp3) is 0.625. The second-order valence-electron chi connectivity index (χ2n) is 3.65. The van der Waals surface area contributed by atoms with Gasteiger partial charge < -0.3 is 10.4 Å². The Morgan fingerprint density at radius 2 is 2.43 bits per heavy atom. The van der Waals surface area contributed by atoms with E-state index in [-0.39, 0.29) is 18.3 Å². The number of nitrogens with one attached hydrogen (secondary N) is 2. The van der Waals surface area contributed by atoms with E-state index in [0.717, 1.165) is 0 Å². The SMILES string of the molecule is CC(C)(CCO)NC(=O)c1ncn[nH]1. The van der Waals surface area contributed by atoms with Crippen LogP contribution in [0.15, 0.2) is 6.33 Å². The van der Waals surface area contributed by atoms with Gasteiger partial charge in [-0.2, -0.15) is 5.10 Å². The number of aliphatic hydroxyl groups excluding tert-OH is 1. The van der Waals surface area contributed by atoms with Gasteiger partial charge in [-0.3, -0.25) is 9.89 Å². The molecule has 0 aliphatic heterocycles. The summed E-state index contributed by atoms with van der Waals surface area (Å²) in [7, 11) is 0. The number of rotatable bonds is 4. The van der Waals surface area contributed by atoms with E-state index < -0.39 is 5.54 Å². The van der Waals surface area contributed by atoms with Crippen LogP contribution in [0.3, 0.4) is 0 Å². The highest BCUT2D eigenvalue weighted by molar-refractivity contribution is 5.90. The summed E-state index contributed by atoms with van der Waals surface area (Å²) in [5, 5.41) is 17.5. The quantitative estimate of drug-likeness (QED) is 0.619. The smallest absolute Gasteiger partial charge is 0.289 e. The molecule has 0 fully saturated rings. The summed E-state index contributed by atoms with van der Waals surface area (Å²) >= 11 is 0. The fourth-order valence-corrected chi connectivity index (χ4v) is 1.02. The maximum absolute atomic E-state index is 11.5. The van der Waals surface area contributed by atoms with Crippen LogP contribution in [-0.4, -0.2) is 38.3 Å². The Kier molecular flexibility index (Phi) is 3.19. The summed E-state index contributed by atoms with van der Waals surface area (Å²) < 4.78 is 0. The van der Waals surface area contributed by atoms with Crippen LogP contribution in [0.2, 0.25) is 0 Å². The third-order valence-electron chi connectivity index (χ3n) is 1.82. The Labute approximate surface area is 81.7 Å². The number of aromatic amines is 1. The highest BCUT2D eigenvalue weighted by Crippen LogP contribution is 2.07. The molecule has 0 saturated carbocycles. The van der Waals surface area contributed by atoms with Gasteiger partial charge in [-0.1, -0.05) is 0 Å². The van der Waals surface area contributed by atoms with Crippen molar-refractivity contribution in [3.05, 3.63) is 12.2 Å². The molecule has 0 unspecified atom stereocenters. The van der Waals surface area contributed by atoms with Crippen molar-refractivity contribution < 1.29 is 9.90 Å². The lowest BCUT2D eigenvalue weighted by Gasteiger charge is -2.24. The zero-order chi connectivity index (χ0) is 10.6. The van der Waals surface area contributed by atoms with Gasteiger partial charge in [0.1, 0.15) is 6.33 Å². The Balaban J connectivity index is 2.57. The Morgan fingerprint density at radius 1 is 1.71 bits per heavy atom. The largest absolute Gasteiger partial charge is 0.396 e. The maximum Gasteiger partial charge on any atom is 0.289 e. The highest BCUT2D eigenvalue weighted by Gasteiger charge is 2.21. The van der Waals surface area contributed by atoms with Gasteiger partial charge >= 0.3 is 0 Å². The molecule has 0 radical (unpaired) electrons. The number of carbonyl (C=O) groups is 1. The first kappa shape index (κ1) is 10.6. The lowest BCUT2D eigenvalue weighted by Crippen LogP contribution is -2.44. The van der Waals surface area contributed by atoms with Crippen LogP contribution in [0.25, 0.3) is 0 Å². The van der Waals surface area contributed by atoms with Gasteiger partial charge in [0.05, 0.1) is 0 Å². The van der Waals surface area contributed by atoms with E-state index in [9.17, 15) is 4.79 Å². The molecule has 0 spiro atoms. The van der Waals surface area contributed by atoms with Crippen molar-refractivity contribution in [2.45, 2.75) is 25.8 Å². The van der Waals surface area contributed by atoms with E-state index in [1.165, 1.54) is 6.33 Å². The molecular formula is C8H14N4O2. The Hall–Kier alpha value is -1.43. The van der Waals surface area contributed by atoms with Crippen molar-refractivity contribution in [1.29, 1.82) is 0 Å². The Bertz CT molecular complexity index is 294. The van der Waals surface area contributed by atoms with E-state index in [2.05, 4.69) is 20.5 Å². The number of nitrogens with zero attached hydrogens (tertiary/aromatic N) is 2. The average Bonchev–Trinajstić information content (AvgIpc) is 2.53. The van der Waals surface area contributed by atoms with E-state index in [1.807, 2.05) is 13.8 Å². The summed E-state index contributed by atoms with van der Waals surface area (Å²) in [6.45, 7) is 3.69. The van der Waals surface area contributed by atoms with Crippen molar-refractivity contribution in [1.82, 2.24) is 20.5 Å². The molecule has 78 valence electrons. The third kappa shape index (κ3) is 2.81. The minimum atomic E-state index is -0.446. The monoisotopic (exact) mass is 198 g/mol. The van der Waals surface area contributed by atoms with Crippen LogP contribution in [0.1, 0.15) is 30.9 Å². The highest BCUT2D eigenvalue weighted by atomic mass is 16.3. The third-order valence-corrected chi connectivity index (χ3v) is 1.82. The summed E-state index contributed by atoms with van der Waals surface area (Å²) in [4.78, 5) is 15.2. The second-order valence-corrected chi connectivity index (χ2v) is 3.65. The Morgan fingerprint density at radius 3 is 2.93 bits per heavy atom. The lowest BCUT2D eigenvalue weighted by atomic mass is 10.0. The number of hydrogen-bond donors (Lipinski definition) is 3. The van der Waals surface area contributed by atoms with Gasteiger partial charge in [-0.05, 0) is 20.3 Å². The topological polar surface area (TPSA) is 90.9 Å². The van der Waals surface area contributed by atoms with Crippen molar-refractivity contribution in [3.8, 4) is 0 Å². The van der Waals surface area contributed by atoms with Crippen LogP contribution in [0.5, 0.6) is 0 Å². The predicted octanol–water partition coefficient (Wildman–Crippen LogP) is -0.305. The molecule has 0 bridgehead atoms. The van der Waals surface area contributed by atoms with Crippen molar-refractivity contribution >= 4 is 5.91 Å². The number of amides is 1. The molecule has 1 aromatic rings. The van der Waals surface area contributed by atoms with E-state index >= 15 is 0 Å². The van der Waals surface area contributed by atoms with E-state index in [1.54, 1.807) is 0 Å². The second kappa shape index (κ2) is 4.19. The van der Waals surface area contributed by atoms with Crippen LogP contribution >= 0.6 is 0 Å². The molecule has 0 saturated heterocycles. The van der Waals surface area contributed by atoms with Gasteiger partial charge in [0.15, 0.2) is 0 Å². The number of H-pyrrole nitrogens is 1. The number of aromatic nitrogens is 3. The molecule has 14 heavy (non-hydrogen) atoms. The minimum absolute atomic E-state index is 0.0314. The van der Waals surface area contributed by atoms with Gasteiger partial charge in [-0.25, -0.2) is 4.98 Å². The molecule has 1 heterocycles. The van der Waals surface area contributed by atoms with Crippen molar-refractivity contribution in [3.63, 3.8) is 0 Å². The van der Waals surface area contributed by atoms with Crippen LogP contribution in [0.4, 0.5) is 0 Å². The summed E-state index contributed by atoms with van der Waals surface area (Å²) in [5.41, 5.74) is -0.446. The zero-order valence-electron chi connectivity index (χ0n) is 8.24. The predicted molar refractivity (Wildman–Crippen MR) is 49.6 cm³/mol. The zero-order valence-corrected chi connectivity index (χ0v) is 8.24. The van der Waals surface area contributed by atoms with Gasteiger partial charge in [0.2, 0.25) is 5.82 Å². The molecule has 1 amide bonds. The molecule has 6 nitrogen and oxygen atoms in total. The normalized spacial score (nSPS) is 11.4. The van der Waals surface area contributed by atoms with Crippen molar-refractivity contribution in [2.75, 3.05) is 6.61 Å². The molecule has 0 aromatic carbocycles. The first-order chi connectivity index (χ1) is 6.55. The number of carbonyl (C=O) groups excluding carboxylic acids is 1. The molecule has 1 rings (SSSR count). The molecular weight excluding hydrogens is 184 g/mol. The first-order valence-corrected chi connectivity index (χ1v) is 4.34. The molecule has 6 heteroatoms. The number of aliphatic hydroxyl groups is 1. The molecule has 1 aromatic heterocycles. The summed E-state index contributed by atoms with van der Waals surface area (Å²) in [6, 6.07) is 0. The maximum atomic E-state index is 11.5. The summed E-state index contributed by atoms with van der Waals surface area (Å²) in [5.74, 6) is -0.142. The summed E-state index contributed by atoms with van der Waals surface area (Å²) in [6.07, 6.45) is 1.76. The van der Waals surface area contributed by atoms with Crippen LogP contribution < -0.4 is 5.32 Å². The van der Waals surface area contributed by atoms with Crippen LogP contribution in [-0.2, 0) is 0 Å². The van der Waals surface area contributed by atoms with Gasteiger partial charge in [0.25, 0.3) is 5.91 Å². The number of hydrogen-bond acceptors (Lipinski definition) is 4. The minimum Gasteiger partial charge on any atom is -0.396 e. The van der Waals surface area contributed by atoms with E-state index in [4.69, 9.17) is 5.11 Å².